The molecule has 1 rings (SSSR count). The van der Waals surface area contributed by atoms with E-state index in [9.17, 15) is 4.79 Å². The van der Waals surface area contributed by atoms with Crippen molar-refractivity contribution in [2.24, 2.45) is 11.1 Å². The number of carbonyl (C=O) groups is 1. The maximum absolute atomic E-state index is 11.7. The Morgan fingerprint density at radius 2 is 2.47 bits per heavy atom. The number of ether oxygens (including phenoxy) is 1. The zero-order valence-corrected chi connectivity index (χ0v) is 9.84. The minimum Gasteiger partial charge on any atom is -0.466 e. The molecule has 0 saturated carbocycles. The molecule has 0 aromatic carbocycles. The van der Waals surface area contributed by atoms with Crippen molar-refractivity contribution in [3.63, 3.8) is 0 Å². The van der Waals surface area contributed by atoms with E-state index in [4.69, 9.17) is 10.5 Å². The first-order valence-electron chi connectivity index (χ1n) is 4.87. The summed E-state index contributed by atoms with van der Waals surface area (Å²) in [7, 11) is 0. The average molecular weight is 228 g/mol. The van der Waals surface area contributed by atoms with Gasteiger partial charge in [-0.1, -0.05) is 0 Å². The normalized spacial score (nSPS) is 14.6. The van der Waals surface area contributed by atoms with Crippen molar-refractivity contribution >= 4 is 17.3 Å². The fraction of sp³-hybridized carbons (Fsp3) is 0.600. The molecular weight excluding hydrogens is 212 g/mol. The largest absolute Gasteiger partial charge is 0.466 e. The Morgan fingerprint density at radius 3 is 2.93 bits per heavy atom. The van der Waals surface area contributed by atoms with Crippen LogP contribution in [0.25, 0.3) is 0 Å². The number of aromatic nitrogens is 1. The molecule has 1 aromatic rings. The molecule has 0 aliphatic rings. The Kier molecular flexibility index (Phi) is 4.23. The van der Waals surface area contributed by atoms with E-state index in [2.05, 4.69) is 4.98 Å². The first kappa shape index (κ1) is 12.1. The number of nitrogens with zero attached hydrogens (tertiary/aromatic N) is 1. The van der Waals surface area contributed by atoms with Gasteiger partial charge in [-0.05, 0) is 13.8 Å². The fourth-order valence-corrected chi connectivity index (χ4v) is 2.03. The number of hydrogen-bond acceptors (Lipinski definition) is 5. The van der Waals surface area contributed by atoms with Crippen LogP contribution >= 0.6 is 11.3 Å². The number of nitrogens with two attached hydrogens (primary N) is 1. The van der Waals surface area contributed by atoms with Crippen LogP contribution in [0, 0.1) is 5.41 Å². The Bertz CT molecular complexity index is 313. The summed E-state index contributed by atoms with van der Waals surface area (Å²) in [4.78, 5) is 16.7. The second-order valence-corrected chi connectivity index (χ2v) is 4.60. The van der Waals surface area contributed by atoms with Gasteiger partial charge in [-0.15, -0.1) is 11.3 Å². The van der Waals surface area contributed by atoms with E-state index in [1.54, 1.807) is 18.6 Å². The third-order valence-electron chi connectivity index (χ3n) is 2.27. The molecule has 84 valence electrons. The standard InChI is InChI=1S/C10H16N2O2S/c1-3-14-9(13)10(2,6-11)4-8-5-12-7-15-8/h5,7H,3-4,6,11H2,1-2H3. The van der Waals surface area contributed by atoms with E-state index in [0.29, 0.717) is 13.0 Å². The van der Waals surface area contributed by atoms with Crippen molar-refractivity contribution in [1.82, 2.24) is 4.98 Å². The molecule has 2 N–H and O–H groups in total. The molecule has 5 heteroatoms. The zero-order chi connectivity index (χ0) is 11.3. The minimum atomic E-state index is -0.636. The Morgan fingerprint density at radius 1 is 1.73 bits per heavy atom. The van der Waals surface area contributed by atoms with Gasteiger partial charge in [0.25, 0.3) is 0 Å². The van der Waals surface area contributed by atoms with Crippen molar-refractivity contribution in [1.29, 1.82) is 0 Å². The molecule has 0 spiro atoms. The summed E-state index contributed by atoms with van der Waals surface area (Å²) in [6.45, 7) is 4.28. The molecule has 0 fully saturated rings. The summed E-state index contributed by atoms with van der Waals surface area (Å²) in [5.41, 5.74) is 6.75. The molecule has 0 radical (unpaired) electrons. The second-order valence-electron chi connectivity index (χ2n) is 3.63. The van der Waals surface area contributed by atoms with Crippen molar-refractivity contribution in [2.75, 3.05) is 13.2 Å². The molecule has 0 aliphatic carbocycles. The SMILES string of the molecule is CCOC(=O)C(C)(CN)Cc1cncs1. The van der Waals surface area contributed by atoms with E-state index in [0.717, 1.165) is 4.88 Å². The molecule has 0 amide bonds. The quantitative estimate of drug-likeness (QED) is 0.769. The van der Waals surface area contributed by atoms with Crippen LogP contribution in [0.1, 0.15) is 18.7 Å². The zero-order valence-electron chi connectivity index (χ0n) is 9.03. The lowest BCUT2D eigenvalue weighted by atomic mass is 9.86. The molecule has 1 aromatic heterocycles. The van der Waals surface area contributed by atoms with Crippen LogP contribution < -0.4 is 5.73 Å². The van der Waals surface area contributed by atoms with Crippen molar-refractivity contribution < 1.29 is 9.53 Å². The molecule has 1 unspecified atom stereocenters. The van der Waals surface area contributed by atoms with Gasteiger partial charge in [-0.25, -0.2) is 0 Å². The number of thiazole rings is 1. The lowest BCUT2D eigenvalue weighted by Gasteiger charge is -2.24. The Balaban J connectivity index is 2.72. The van der Waals surface area contributed by atoms with Gasteiger partial charge < -0.3 is 10.5 Å². The minimum absolute atomic E-state index is 0.235. The third kappa shape index (κ3) is 3.00. The van der Waals surface area contributed by atoms with Gasteiger partial charge in [0.1, 0.15) is 0 Å². The average Bonchev–Trinajstić information content (AvgIpc) is 2.70. The van der Waals surface area contributed by atoms with E-state index in [-0.39, 0.29) is 12.5 Å². The summed E-state index contributed by atoms with van der Waals surface area (Å²) >= 11 is 1.53. The van der Waals surface area contributed by atoms with Crippen LogP contribution in [0.3, 0.4) is 0 Å². The third-order valence-corrected chi connectivity index (χ3v) is 3.05. The van der Waals surface area contributed by atoms with E-state index in [1.807, 2.05) is 6.92 Å². The predicted octanol–water partition coefficient (Wildman–Crippen LogP) is 1.21. The number of hydrogen-bond donors (Lipinski definition) is 1. The van der Waals surface area contributed by atoms with Crippen LogP contribution in [0.2, 0.25) is 0 Å². The van der Waals surface area contributed by atoms with Gasteiger partial charge in [-0.2, -0.15) is 0 Å². The molecule has 0 bridgehead atoms. The summed E-state index contributed by atoms with van der Waals surface area (Å²) in [5.74, 6) is -0.235. The van der Waals surface area contributed by atoms with Gasteiger partial charge >= 0.3 is 5.97 Å². The van der Waals surface area contributed by atoms with Crippen molar-refractivity contribution in [3.05, 3.63) is 16.6 Å². The molecule has 15 heavy (non-hydrogen) atoms. The monoisotopic (exact) mass is 228 g/mol. The van der Waals surface area contributed by atoms with Gasteiger partial charge in [0.05, 0.1) is 17.5 Å². The second kappa shape index (κ2) is 5.23. The van der Waals surface area contributed by atoms with E-state index >= 15 is 0 Å². The summed E-state index contributed by atoms with van der Waals surface area (Å²) < 4.78 is 5.01. The topological polar surface area (TPSA) is 65.2 Å². The Labute approximate surface area is 93.5 Å². The van der Waals surface area contributed by atoms with Crippen LogP contribution in [0.4, 0.5) is 0 Å². The van der Waals surface area contributed by atoms with Crippen LogP contribution in [-0.2, 0) is 16.0 Å². The molecule has 1 heterocycles. The summed E-state index contributed by atoms with van der Waals surface area (Å²) in [6, 6.07) is 0. The highest BCUT2D eigenvalue weighted by Crippen LogP contribution is 2.24. The first-order chi connectivity index (χ1) is 7.12. The highest BCUT2D eigenvalue weighted by atomic mass is 32.1. The Hall–Kier alpha value is -0.940. The number of rotatable bonds is 5. The summed E-state index contributed by atoms with van der Waals surface area (Å²) in [6.07, 6.45) is 2.35. The van der Waals surface area contributed by atoms with Gasteiger partial charge in [0, 0.05) is 24.0 Å². The fourth-order valence-electron chi connectivity index (χ4n) is 1.25. The molecule has 0 saturated heterocycles. The van der Waals surface area contributed by atoms with Crippen LogP contribution in [0.15, 0.2) is 11.7 Å². The van der Waals surface area contributed by atoms with Gasteiger partial charge in [0.15, 0.2) is 0 Å². The lowest BCUT2D eigenvalue weighted by Crippen LogP contribution is -2.39. The van der Waals surface area contributed by atoms with Crippen molar-refractivity contribution in [3.8, 4) is 0 Å². The maximum Gasteiger partial charge on any atom is 0.313 e. The molecular formula is C10H16N2O2S. The van der Waals surface area contributed by atoms with Crippen LogP contribution in [-0.4, -0.2) is 24.1 Å². The van der Waals surface area contributed by atoms with Crippen LogP contribution in [0.5, 0.6) is 0 Å². The van der Waals surface area contributed by atoms with E-state index in [1.165, 1.54) is 11.3 Å². The highest BCUT2D eigenvalue weighted by Gasteiger charge is 2.33. The first-order valence-corrected chi connectivity index (χ1v) is 5.75. The smallest absolute Gasteiger partial charge is 0.313 e. The highest BCUT2D eigenvalue weighted by molar-refractivity contribution is 7.09. The van der Waals surface area contributed by atoms with E-state index < -0.39 is 5.41 Å². The lowest BCUT2D eigenvalue weighted by molar-refractivity contribution is -0.153. The molecule has 1 atom stereocenters. The predicted molar refractivity (Wildman–Crippen MR) is 59.6 cm³/mol. The maximum atomic E-state index is 11.7. The summed E-state index contributed by atoms with van der Waals surface area (Å²) in [5, 5.41) is 0. The van der Waals surface area contributed by atoms with Crippen molar-refractivity contribution in [2.45, 2.75) is 20.3 Å². The molecule has 0 aliphatic heterocycles. The number of esters is 1. The molecule has 4 nitrogen and oxygen atoms in total. The van der Waals surface area contributed by atoms with Gasteiger partial charge in [-0.3, -0.25) is 9.78 Å². The number of carbonyl (C=O) groups excluding carboxylic acids is 1. The van der Waals surface area contributed by atoms with Gasteiger partial charge in [0.2, 0.25) is 0 Å².